The van der Waals surface area contributed by atoms with E-state index in [1.54, 1.807) is 0 Å². The zero-order chi connectivity index (χ0) is 18.9. The molecule has 2 heterocycles. The van der Waals surface area contributed by atoms with Crippen molar-refractivity contribution in [2.45, 2.75) is 102 Å². The number of amides is 1. The van der Waals surface area contributed by atoms with Crippen molar-refractivity contribution in [3.8, 4) is 0 Å². The van der Waals surface area contributed by atoms with Crippen molar-refractivity contribution in [3.05, 3.63) is 0 Å². The van der Waals surface area contributed by atoms with Crippen molar-refractivity contribution in [2.75, 3.05) is 7.05 Å². The van der Waals surface area contributed by atoms with Crippen LogP contribution in [0.25, 0.3) is 0 Å². The van der Waals surface area contributed by atoms with Crippen molar-refractivity contribution in [3.63, 3.8) is 0 Å². The lowest BCUT2D eigenvalue weighted by atomic mass is 9.98. The molecule has 2 bridgehead atoms. The Kier molecular flexibility index (Phi) is 5.68. The monoisotopic (exact) mass is 364 g/mol. The predicted octanol–water partition coefficient (Wildman–Crippen LogP) is 3.27. The normalized spacial score (nSPS) is 33.8. The minimum absolute atomic E-state index is 0.147. The number of nitrogens with one attached hydrogen (secondary N) is 2. The molecule has 0 aromatic rings. The number of carbonyl (C=O) groups excluding carboxylic acids is 1. The van der Waals surface area contributed by atoms with E-state index in [2.05, 4.69) is 22.5 Å². The van der Waals surface area contributed by atoms with Gasteiger partial charge >= 0.3 is 6.09 Å². The highest BCUT2D eigenvalue weighted by molar-refractivity contribution is 5.80. The molecule has 4 atom stereocenters. The molecule has 0 radical (unpaired) electrons. The van der Waals surface area contributed by atoms with Crippen LogP contribution < -0.4 is 10.6 Å². The first-order chi connectivity index (χ1) is 12.3. The van der Waals surface area contributed by atoms with E-state index in [-0.39, 0.29) is 18.2 Å². The van der Waals surface area contributed by atoms with Crippen LogP contribution in [0.5, 0.6) is 0 Å². The molecule has 1 aliphatic carbocycles. The first-order valence-electron chi connectivity index (χ1n) is 10.3. The van der Waals surface area contributed by atoms with Gasteiger partial charge in [0.15, 0.2) is 5.96 Å². The highest BCUT2D eigenvalue weighted by Crippen LogP contribution is 2.37. The number of aliphatic imine (C=N–C) groups is 1. The van der Waals surface area contributed by atoms with Crippen LogP contribution in [-0.4, -0.2) is 53.8 Å². The molecule has 4 unspecified atom stereocenters. The Hall–Kier alpha value is -1.46. The molecule has 0 aromatic heterocycles. The number of fused-ring (bicyclic) bond motifs is 2. The first kappa shape index (κ1) is 19.3. The number of guanidine groups is 1. The van der Waals surface area contributed by atoms with Crippen molar-refractivity contribution in [1.82, 2.24) is 15.5 Å². The fourth-order valence-electron chi connectivity index (χ4n) is 4.56. The summed E-state index contributed by atoms with van der Waals surface area (Å²) < 4.78 is 5.62. The maximum absolute atomic E-state index is 12.6. The summed E-state index contributed by atoms with van der Waals surface area (Å²) in [6.45, 7) is 8.04. The van der Waals surface area contributed by atoms with Gasteiger partial charge in [0.1, 0.15) is 5.60 Å². The van der Waals surface area contributed by atoms with E-state index in [9.17, 15) is 4.79 Å². The van der Waals surface area contributed by atoms with Gasteiger partial charge in [0.25, 0.3) is 0 Å². The first-order valence-corrected chi connectivity index (χ1v) is 10.3. The summed E-state index contributed by atoms with van der Waals surface area (Å²) in [5, 5.41) is 7.18. The highest BCUT2D eigenvalue weighted by atomic mass is 16.6. The predicted molar refractivity (Wildman–Crippen MR) is 104 cm³/mol. The van der Waals surface area contributed by atoms with E-state index in [1.165, 1.54) is 19.3 Å². The summed E-state index contributed by atoms with van der Waals surface area (Å²) in [4.78, 5) is 19.0. The Morgan fingerprint density at radius 3 is 2.35 bits per heavy atom. The maximum atomic E-state index is 12.6. The van der Waals surface area contributed by atoms with Crippen LogP contribution in [0.3, 0.4) is 0 Å². The van der Waals surface area contributed by atoms with Crippen molar-refractivity contribution >= 4 is 12.1 Å². The zero-order valence-corrected chi connectivity index (χ0v) is 17.0. The minimum Gasteiger partial charge on any atom is -0.444 e. The quantitative estimate of drug-likeness (QED) is 0.593. The molecular formula is C20H36N4O2. The number of nitrogens with zero attached hydrogens (tertiary/aromatic N) is 2. The van der Waals surface area contributed by atoms with Gasteiger partial charge in [-0.05, 0) is 65.2 Å². The third kappa shape index (κ3) is 4.63. The van der Waals surface area contributed by atoms with Gasteiger partial charge in [-0.25, -0.2) is 4.79 Å². The topological polar surface area (TPSA) is 66.0 Å². The Morgan fingerprint density at radius 2 is 1.81 bits per heavy atom. The summed E-state index contributed by atoms with van der Waals surface area (Å²) >= 11 is 0. The van der Waals surface area contributed by atoms with Gasteiger partial charge in [0.2, 0.25) is 0 Å². The van der Waals surface area contributed by atoms with E-state index in [4.69, 9.17) is 4.74 Å². The van der Waals surface area contributed by atoms with Gasteiger partial charge in [-0.15, -0.1) is 0 Å². The van der Waals surface area contributed by atoms with E-state index in [1.807, 2.05) is 32.7 Å². The Labute approximate surface area is 158 Å². The number of hydrogen-bond acceptors (Lipinski definition) is 3. The Balaban J connectivity index is 1.51. The second-order valence-corrected chi connectivity index (χ2v) is 9.19. The van der Waals surface area contributed by atoms with Gasteiger partial charge < -0.3 is 20.3 Å². The van der Waals surface area contributed by atoms with Crippen LogP contribution in [0.15, 0.2) is 4.99 Å². The number of carbonyl (C=O) groups is 1. The summed E-state index contributed by atoms with van der Waals surface area (Å²) in [6.07, 6.45) is 7.76. The molecule has 148 valence electrons. The molecule has 2 aliphatic heterocycles. The maximum Gasteiger partial charge on any atom is 0.410 e. The third-order valence-corrected chi connectivity index (χ3v) is 5.81. The van der Waals surface area contributed by atoms with Gasteiger partial charge in [0, 0.05) is 31.2 Å². The molecule has 6 nitrogen and oxygen atoms in total. The van der Waals surface area contributed by atoms with Crippen molar-refractivity contribution in [2.24, 2.45) is 10.9 Å². The molecule has 3 rings (SSSR count). The summed E-state index contributed by atoms with van der Waals surface area (Å²) in [5.74, 6) is 1.73. The lowest BCUT2D eigenvalue weighted by Gasteiger charge is -2.40. The molecule has 26 heavy (non-hydrogen) atoms. The van der Waals surface area contributed by atoms with Gasteiger partial charge in [-0.3, -0.25) is 4.99 Å². The zero-order valence-electron chi connectivity index (χ0n) is 17.0. The van der Waals surface area contributed by atoms with Gasteiger partial charge in [-0.2, -0.15) is 0 Å². The molecular weight excluding hydrogens is 328 g/mol. The van der Waals surface area contributed by atoms with Gasteiger partial charge in [-0.1, -0.05) is 13.3 Å². The molecule has 2 saturated heterocycles. The molecule has 1 saturated carbocycles. The smallest absolute Gasteiger partial charge is 0.410 e. The fraction of sp³-hybridized carbons (Fsp3) is 0.900. The van der Waals surface area contributed by atoms with E-state index >= 15 is 0 Å². The van der Waals surface area contributed by atoms with Crippen LogP contribution in [-0.2, 0) is 4.74 Å². The summed E-state index contributed by atoms with van der Waals surface area (Å²) in [7, 11) is 1.84. The Morgan fingerprint density at radius 1 is 1.15 bits per heavy atom. The second-order valence-electron chi connectivity index (χ2n) is 9.19. The van der Waals surface area contributed by atoms with Crippen LogP contribution in [0.1, 0.15) is 72.6 Å². The van der Waals surface area contributed by atoms with Crippen molar-refractivity contribution in [1.29, 1.82) is 0 Å². The molecule has 0 aromatic carbocycles. The lowest BCUT2D eigenvalue weighted by molar-refractivity contribution is 0.00545. The van der Waals surface area contributed by atoms with Crippen LogP contribution in [0, 0.1) is 5.92 Å². The largest absolute Gasteiger partial charge is 0.444 e. The number of ether oxygens (including phenoxy) is 1. The summed E-state index contributed by atoms with van der Waals surface area (Å²) in [5.41, 5.74) is -0.434. The SMILES string of the molecule is CCCC1CC1NC(=NC)NC1CC2CCC(C1)N2C(=O)OC(C)(C)C. The molecule has 3 fully saturated rings. The molecule has 3 aliphatic rings. The van der Waals surface area contributed by atoms with Crippen LogP contribution in [0.2, 0.25) is 0 Å². The molecule has 2 N–H and O–H groups in total. The number of piperidine rings is 1. The Bertz CT molecular complexity index is 528. The van der Waals surface area contributed by atoms with E-state index in [0.717, 1.165) is 37.6 Å². The lowest BCUT2D eigenvalue weighted by Crippen LogP contribution is -2.55. The average Bonchev–Trinajstić information content (AvgIpc) is 3.21. The molecule has 0 spiro atoms. The molecule has 6 heteroatoms. The van der Waals surface area contributed by atoms with Gasteiger partial charge in [0.05, 0.1) is 0 Å². The second kappa shape index (κ2) is 7.65. The number of hydrogen-bond donors (Lipinski definition) is 2. The van der Waals surface area contributed by atoms with E-state index < -0.39 is 5.60 Å². The standard InChI is InChI=1S/C20H36N4O2/c1-6-7-13-10-17(13)23-18(21-5)22-14-11-15-8-9-16(12-14)24(15)19(25)26-20(2,3)4/h13-17H,6-12H2,1-5H3,(H2,21,22,23). The third-order valence-electron chi connectivity index (χ3n) is 5.81. The number of rotatable bonds is 4. The fourth-order valence-corrected chi connectivity index (χ4v) is 4.56. The minimum atomic E-state index is -0.434. The average molecular weight is 365 g/mol. The van der Waals surface area contributed by atoms with Crippen molar-refractivity contribution < 1.29 is 9.53 Å². The highest BCUT2D eigenvalue weighted by Gasteiger charge is 2.45. The summed E-state index contributed by atoms with van der Waals surface area (Å²) in [6, 6.07) is 1.53. The molecule has 1 amide bonds. The van der Waals surface area contributed by atoms with Crippen LogP contribution >= 0.6 is 0 Å². The van der Waals surface area contributed by atoms with Crippen LogP contribution in [0.4, 0.5) is 4.79 Å². The van der Waals surface area contributed by atoms with E-state index in [0.29, 0.717) is 12.1 Å².